The predicted octanol–water partition coefficient (Wildman–Crippen LogP) is 3.59. The number of allylic oxidation sites excluding steroid dienone is 2. The maximum Gasteiger partial charge on any atom is 0.337 e. The van der Waals surface area contributed by atoms with Gasteiger partial charge in [-0.05, 0) is 42.2 Å². The van der Waals surface area contributed by atoms with E-state index in [1.807, 2.05) is 30.3 Å². The van der Waals surface area contributed by atoms with Crippen LogP contribution in [0.2, 0.25) is 5.02 Å². The molecule has 0 N–H and O–H groups in total. The highest BCUT2D eigenvalue weighted by molar-refractivity contribution is 6.30. The standard InChI is InChI=1S/C15H15ClO3/c1-18-14-9-11(5-8-13(14)15(17)19-2)10-3-6-12(16)7-4-10/h3-4,6-7,9H,5,8H2,1-2H3. The molecule has 19 heavy (non-hydrogen) atoms. The fourth-order valence-electron chi connectivity index (χ4n) is 2.10. The van der Waals surface area contributed by atoms with Crippen LogP contribution in [0.5, 0.6) is 0 Å². The van der Waals surface area contributed by atoms with Crippen LogP contribution in [0, 0.1) is 0 Å². The summed E-state index contributed by atoms with van der Waals surface area (Å²) in [5.41, 5.74) is 2.80. The second-order valence-electron chi connectivity index (χ2n) is 4.21. The number of hydrogen-bond donors (Lipinski definition) is 0. The lowest BCUT2D eigenvalue weighted by atomic mass is 9.92. The minimum Gasteiger partial charge on any atom is -0.496 e. The Morgan fingerprint density at radius 1 is 1.16 bits per heavy atom. The van der Waals surface area contributed by atoms with Crippen LogP contribution >= 0.6 is 11.6 Å². The number of benzene rings is 1. The van der Waals surface area contributed by atoms with Crippen LogP contribution in [0.15, 0.2) is 41.7 Å². The van der Waals surface area contributed by atoms with Crippen molar-refractivity contribution >= 4 is 23.1 Å². The number of esters is 1. The van der Waals surface area contributed by atoms with Gasteiger partial charge in [0.25, 0.3) is 0 Å². The highest BCUT2D eigenvalue weighted by Crippen LogP contribution is 2.31. The van der Waals surface area contributed by atoms with Gasteiger partial charge in [0, 0.05) is 5.02 Å². The Labute approximate surface area is 117 Å². The molecule has 100 valence electrons. The highest BCUT2D eigenvalue weighted by atomic mass is 35.5. The van der Waals surface area contributed by atoms with Gasteiger partial charge < -0.3 is 9.47 Å². The van der Waals surface area contributed by atoms with E-state index < -0.39 is 0 Å². The Bertz CT molecular complexity index is 541. The fourth-order valence-corrected chi connectivity index (χ4v) is 2.23. The monoisotopic (exact) mass is 278 g/mol. The van der Waals surface area contributed by atoms with Crippen molar-refractivity contribution in [3.63, 3.8) is 0 Å². The quantitative estimate of drug-likeness (QED) is 0.793. The molecular formula is C15H15ClO3. The first-order chi connectivity index (χ1) is 9.15. The molecule has 0 atom stereocenters. The van der Waals surface area contributed by atoms with E-state index in [4.69, 9.17) is 21.1 Å². The number of carbonyl (C=O) groups excluding carboxylic acids is 1. The van der Waals surface area contributed by atoms with Gasteiger partial charge in [0.1, 0.15) is 5.76 Å². The Kier molecular flexibility index (Phi) is 4.27. The van der Waals surface area contributed by atoms with E-state index >= 15 is 0 Å². The Hall–Kier alpha value is -1.74. The summed E-state index contributed by atoms with van der Waals surface area (Å²) in [4.78, 5) is 11.6. The molecule has 3 nitrogen and oxygen atoms in total. The molecule has 0 saturated heterocycles. The lowest BCUT2D eigenvalue weighted by molar-refractivity contribution is -0.136. The van der Waals surface area contributed by atoms with E-state index in [9.17, 15) is 4.79 Å². The summed E-state index contributed by atoms with van der Waals surface area (Å²) in [7, 11) is 2.93. The summed E-state index contributed by atoms with van der Waals surface area (Å²) in [5.74, 6) is 0.242. The van der Waals surface area contributed by atoms with Gasteiger partial charge in [-0.3, -0.25) is 0 Å². The molecule has 1 aliphatic carbocycles. The van der Waals surface area contributed by atoms with Crippen molar-refractivity contribution in [2.45, 2.75) is 12.8 Å². The van der Waals surface area contributed by atoms with Crippen molar-refractivity contribution in [1.82, 2.24) is 0 Å². The van der Waals surface area contributed by atoms with E-state index in [0.717, 1.165) is 17.6 Å². The van der Waals surface area contributed by atoms with Gasteiger partial charge in [-0.15, -0.1) is 0 Å². The van der Waals surface area contributed by atoms with Gasteiger partial charge in [0.05, 0.1) is 19.8 Å². The number of halogens is 1. The van der Waals surface area contributed by atoms with Crippen LogP contribution < -0.4 is 0 Å². The van der Waals surface area contributed by atoms with Crippen LogP contribution in [0.4, 0.5) is 0 Å². The summed E-state index contributed by atoms with van der Waals surface area (Å²) in [6.45, 7) is 0. The third kappa shape index (κ3) is 2.99. The van der Waals surface area contributed by atoms with Gasteiger partial charge in [0.15, 0.2) is 0 Å². The average molecular weight is 279 g/mol. The molecule has 4 heteroatoms. The minimum atomic E-state index is -0.330. The van der Waals surface area contributed by atoms with Gasteiger partial charge in [0.2, 0.25) is 0 Å². The summed E-state index contributed by atoms with van der Waals surface area (Å²) in [5, 5.41) is 0.706. The van der Waals surface area contributed by atoms with E-state index in [-0.39, 0.29) is 5.97 Å². The molecule has 2 rings (SSSR count). The number of ether oxygens (including phenoxy) is 2. The first kappa shape index (κ1) is 13.7. The Morgan fingerprint density at radius 2 is 1.84 bits per heavy atom. The van der Waals surface area contributed by atoms with Crippen LogP contribution in [0.1, 0.15) is 18.4 Å². The first-order valence-corrected chi connectivity index (χ1v) is 6.35. The molecule has 0 aromatic heterocycles. The lowest BCUT2D eigenvalue weighted by Crippen LogP contribution is -2.11. The number of hydrogen-bond acceptors (Lipinski definition) is 3. The molecule has 0 bridgehead atoms. The molecule has 0 saturated carbocycles. The van der Waals surface area contributed by atoms with Crippen LogP contribution in [-0.4, -0.2) is 20.2 Å². The normalized spacial score (nSPS) is 15.0. The number of carbonyl (C=O) groups is 1. The van der Waals surface area contributed by atoms with Gasteiger partial charge in [-0.25, -0.2) is 4.79 Å². The van der Waals surface area contributed by atoms with Crippen molar-refractivity contribution in [3.8, 4) is 0 Å². The third-order valence-electron chi connectivity index (χ3n) is 3.11. The molecule has 1 aromatic rings. The molecular weight excluding hydrogens is 264 g/mol. The fraction of sp³-hybridized carbons (Fsp3) is 0.267. The van der Waals surface area contributed by atoms with E-state index in [1.54, 1.807) is 7.11 Å². The second kappa shape index (κ2) is 5.93. The Morgan fingerprint density at radius 3 is 2.42 bits per heavy atom. The van der Waals surface area contributed by atoms with Crippen molar-refractivity contribution in [2.75, 3.05) is 14.2 Å². The number of methoxy groups -OCH3 is 2. The largest absolute Gasteiger partial charge is 0.496 e. The summed E-state index contributed by atoms with van der Waals surface area (Å²) >= 11 is 5.88. The van der Waals surface area contributed by atoms with E-state index in [1.165, 1.54) is 7.11 Å². The molecule has 0 aliphatic heterocycles. The highest BCUT2D eigenvalue weighted by Gasteiger charge is 2.21. The summed E-state index contributed by atoms with van der Waals surface area (Å²) in [6.07, 6.45) is 3.28. The van der Waals surface area contributed by atoms with Crippen LogP contribution in [-0.2, 0) is 14.3 Å². The molecule has 0 radical (unpaired) electrons. The molecule has 0 unspecified atom stereocenters. The van der Waals surface area contributed by atoms with Crippen molar-refractivity contribution in [2.24, 2.45) is 0 Å². The molecule has 1 aromatic carbocycles. The average Bonchev–Trinajstić information content (AvgIpc) is 2.46. The number of rotatable bonds is 3. The maximum atomic E-state index is 11.6. The molecule has 0 heterocycles. The van der Waals surface area contributed by atoms with E-state index in [0.29, 0.717) is 22.8 Å². The smallest absolute Gasteiger partial charge is 0.337 e. The Balaban J connectivity index is 2.35. The van der Waals surface area contributed by atoms with Crippen LogP contribution in [0.3, 0.4) is 0 Å². The lowest BCUT2D eigenvalue weighted by Gasteiger charge is -2.18. The first-order valence-electron chi connectivity index (χ1n) is 5.97. The van der Waals surface area contributed by atoms with Crippen LogP contribution in [0.25, 0.3) is 5.57 Å². The van der Waals surface area contributed by atoms with Gasteiger partial charge in [-0.1, -0.05) is 23.7 Å². The zero-order chi connectivity index (χ0) is 13.8. The molecule has 0 amide bonds. The van der Waals surface area contributed by atoms with Crippen molar-refractivity contribution < 1.29 is 14.3 Å². The SMILES string of the molecule is COC(=O)C1=C(OC)C=C(c2ccc(Cl)cc2)CC1. The second-order valence-corrected chi connectivity index (χ2v) is 4.65. The molecule has 0 spiro atoms. The summed E-state index contributed by atoms with van der Waals surface area (Å²) in [6, 6.07) is 7.63. The molecule has 1 aliphatic rings. The predicted molar refractivity (Wildman–Crippen MR) is 74.7 cm³/mol. The maximum absolute atomic E-state index is 11.6. The topological polar surface area (TPSA) is 35.5 Å². The van der Waals surface area contributed by atoms with Gasteiger partial charge >= 0.3 is 5.97 Å². The minimum absolute atomic E-state index is 0.330. The molecule has 0 fully saturated rings. The van der Waals surface area contributed by atoms with Gasteiger partial charge in [-0.2, -0.15) is 0 Å². The van der Waals surface area contributed by atoms with Crippen molar-refractivity contribution in [1.29, 1.82) is 0 Å². The van der Waals surface area contributed by atoms with E-state index in [2.05, 4.69) is 0 Å². The zero-order valence-corrected chi connectivity index (χ0v) is 11.7. The zero-order valence-electron chi connectivity index (χ0n) is 10.9. The van der Waals surface area contributed by atoms with Crippen molar-refractivity contribution in [3.05, 3.63) is 52.3 Å². The summed E-state index contributed by atoms with van der Waals surface area (Å²) < 4.78 is 10.0. The third-order valence-corrected chi connectivity index (χ3v) is 3.37.